The third-order valence-electron chi connectivity index (χ3n) is 4.12. The van der Waals surface area contributed by atoms with E-state index in [1.54, 1.807) is 6.20 Å². The highest BCUT2D eigenvalue weighted by atomic mass is 16.3. The van der Waals surface area contributed by atoms with Crippen molar-refractivity contribution in [2.45, 2.75) is 39.8 Å². The Hall–Kier alpha value is -1.13. The Labute approximate surface area is 116 Å². The highest BCUT2D eigenvalue weighted by Gasteiger charge is 2.21. The normalized spacial score (nSPS) is 18.6. The van der Waals surface area contributed by atoms with Gasteiger partial charge in [0, 0.05) is 38.4 Å². The van der Waals surface area contributed by atoms with E-state index in [9.17, 15) is 0 Å². The number of anilines is 1. The first-order valence-corrected chi connectivity index (χ1v) is 7.21. The van der Waals surface area contributed by atoms with Crippen molar-refractivity contribution in [2.24, 2.45) is 0 Å². The molecule has 2 rings (SSSR count). The van der Waals surface area contributed by atoms with Crippen LogP contribution in [-0.2, 0) is 6.61 Å². The lowest BCUT2D eigenvalue weighted by Crippen LogP contribution is -2.49. The van der Waals surface area contributed by atoms with E-state index < -0.39 is 0 Å². The Bertz CT molecular complexity index is 414. The summed E-state index contributed by atoms with van der Waals surface area (Å²) in [6, 6.07) is 2.71. The summed E-state index contributed by atoms with van der Waals surface area (Å²) in [5, 5.41) is 9.13. The molecule has 4 heteroatoms. The van der Waals surface area contributed by atoms with Crippen molar-refractivity contribution >= 4 is 5.82 Å². The van der Waals surface area contributed by atoms with Crippen molar-refractivity contribution in [3.8, 4) is 0 Å². The summed E-state index contributed by atoms with van der Waals surface area (Å²) in [6.45, 7) is 11.0. The molecule has 0 aromatic carbocycles. The van der Waals surface area contributed by atoms with E-state index in [2.05, 4.69) is 35.6 Å². The molecule has 106 valence electrons. The molecule has 0 saturated carbocycles. The Morgan fingerprint density at radius 2 is 2.00 bits per heavy atom. The molecule has 1 aromatic heterocycles. The van der Waals surface area contributed by atoms with Crippen molar-refractivity contribution in [3.63, 3.8) is 0 Å². The molecule has 0 radical (unpaired) electrons. The van der Waals surface area contributed by atoms with Crippen LogP contribution in [0.15, 0.2) is 12.3 Å². The van der Waals surface area contributed by atoms with Crippen LogP contribution in [0.25, 0.3) is 0 Å². The van der Waals surface area contributed by atoms with Gasteiger partial charge in [0.25, 0.3) is 0 Å². The van der Waals surface area contributed by atoms with Crippen LogP contribution in [0.2, 0.25) is 0 Å². The molecule has 1 saturated heterocycles. The molecule has 19 heavy (non-hydrogen) atoms. The highest BCUT2D eigenvalue weighted by Crippen LogP contribution is 2.20. The zero-order valence-electron chi connectivity index (χ0n) is 12.3. The van der Waals surface area contributed by atoms with Crippen LogP contribution in [-0.4, -0.2) is 47.2 Å². The molecule has 1 N–H and O–H groups in total. The average Bonchev–Trinajstić information content (AvgIpc) is 2.46. The van der Waals surface area contributed by atoms with E-state index in [1.807, 2.05) is 6.07 Å². The molecule has 1 atom stereocenters. The first kappa shape index (κ1) is 14.3. The lowest BCUT2D eigenvalue weighted by molar-refractivity contribution is 0.192. The fourth-order valence-electron chi connectivity index (χ4n) is 2.68. The first-order chi connectivity index (χ1) is 9.15. The number of hydrogen-bond donors (Lipinski definition) is 1. The van der Waals surface area contributed by atoms with Gasteiger partial charge in [-0.15, -0.1) is 0 Å². The van der Waals surface area contributed by atoms with E-state index in [0.29, 0.717) is 6.04 Å². The quantitative estimate of drug-likeness (QED) is 0.899. The molecule has 0 spiro atoms. The molecule has 4 nitrogen and oxygen atoms in total. The van der Waals surface area contributed by atoms with Crippen molar-refractivity contribution in [1.29, 1.82) is 0 Å². The number of aliphatic hydroxyl groups excluding tert-OH is 1. The average molecular weight is 263 g/mol. The smallest absolute Gasteiger partial charge is 0.131 e. The van der Waals surface area contributed by atoms with Crippen molar-refractivity contribution in [1.82, 2.24) is 9.88 Å². The third kappa shape index (κ3) is 3.25. The Balaban J connectivity index is 2.01. The summed E-state index contributed by atoms with van der Waals surface area (Å²) in [5.74, 6) is 1.07. The number of nitrogens with zero attached hydrogens (tertiary/aromatic N) is 3. The van der Waals surface area contributed by atoms with Gasteiger partial charge in [-0.1, -0.05) is 6.92 Å². The second kappa shape index (κ2) is 6.35. The van der Waals surface area contributed by atoms with Gasteiger partial charge in [0.2, 0.25) is 0 Å². The maximum atomic E-state index is 9.13. The van der Waals surface area contributed by atoms with Gasteiger partial charge in [-0.2, -0.15) is 0 Å². The summed E-state index contributed by atoms with van der Waals surface area (Å²) in [5.41, 5.74) is 2.04. The Morgan fingerprint density at radius 3 is 2.53 bits per heavy atom. The van der Waals surface area contributed by atoms with Crippen molar-refractivity contribution in [2.75, 3.05) is 31.1 Å². The monoisotopic (exact) mass is 263 g/mol. The maximum Gasteiger partial charge on any atom is 0.131 e. The number of rotatable bonds is 4. The van der Waals surface area contributed by atoms with E-state index >= 15 is 0 Å². The van der Waals surface area contributed by atoms with Crippen LogP contribution >= 0.6 is 0 Å². The summed E-state index contributed by atoms with van der Waals surface area (Å²) >= 11 is 0. The molecule has 2 heterocycles. The SMILES string of the molecule is CCC(C)N1CCN(c2ncc(CO)cc2C)CC1. The highest BCUT2D eigenvalue weighted by molar-refractivity contribution is 5.47. The van der Waals surface area contributed by atoms with Crippen LogP contribution < -0.4 is 4.90 Å². The minimum atomic E-state index is 0.0654. The number of aromatic nitrogens is 1. The third-order valence-corrected chi connectivity index (χ3v) is 4.12. The number of hydrogen-bond acceptors (Lipinski definition) is 4. The van der Waals surface area contributed by atoms with Gasteiger partial charge in [-0.3, -0.25) is 4.90 Å². The van der Waals surface area contributed by atoms with Crippen molar-refractivity contribution < 1.29 is 5.11 Å². The van der Waals surface area contributed by atoms with Gasteiger partial charge < -0.3 is 10.0 Å². The van der Waals surface area contributed by atoms with Gasteiger partial charge >= 0.3 is 0 Å². The Morgan fingerprint density at radius 1 is 1.32 bits per heavy atom. The number of aliphatic hydroxyl groups is 1. The topological polar surface area (TPSA) is 39.6 Å². The van der Waals surface area contributed by atoms with Crippen LogP contribution in [0, 0.1) is 6.92 Å². The fraction of sp³-hybridized carbons (Fsp3) is 0.667. The lowest BCUT2D eigenvalue weighted by Gasteiger charge is -2.38. The predicted octanol–water partition coefficient (Wildman–Crippen LogP) is 1.80. The molecule has 1 aliphatic heterocycles. The molecule has 1 unspecified atom stereocenters. The summed E-state index contributed by atoms with van der Waals surface area (Å²) in [4.78, 5) is 9.42. The second-order valence-corrected chi connectivity index (χ2v) is 5.42. The van der Waals surface area contributed by atoms with E-state index in [4.69, 9.17) is 5.11 Å². The zero-order chi connectivity index (χ0) is 13.8. The van der Waals surface area contributed by atoms with E-state index in [1.165, 1.54) is 6.42 Å². The van der Waals surface area contributed by atoms with Crippen LogP contribution in [0.1, 0.15) is 31.4 Å². The molecule has 0 amide bonds. The molecule has 1 aromatic rings. The van der Waals surface area contributed by atoms with Gasteiger partial charge in [-0.25, -0.2) is 4.98 Å². The van der Waals surface area contributed by atoms with Crippen molar-refractivity contribution in [3.05, 3.63) is 23.4 Å². The standard InChI is InChI=1S/C15H25N3O/c1-4-13(3)17-5-7-18(8-6-17)15-12(2)9-14(11-19)10-16-15/h9-10,13,19H,4-8,11H2,1-3H3. The largest absolute Gasteiger partial charge is 0.392 e. The minimum Gasteiger partial charge on any atom is -0.392 e. The molecule has 0 aliphatic carbocycles. The van der Waals surface area contributed by atoms with Crippen LogP contribution in [0.3, 0.4) is 0 Å². The molecular formula is C15H25N3O. The van der Waals surface area contributed by atoms with E-state index in [0.717, 1.165) is 43.1 Å². The summed E-state index contributed by atoms with van der Waals surface area (Å²) in [6.07, 6.45) is 2.99. The molecule has 1 fully saturated rings. The molecule has 0 bridgehead atoms. The molecule has 1 aliphatic rings. The maximum absolute atomic E-state index is 9.13. The first-order valence-electron chi connectivity index (χ1n) is 7.21. The molecular weight excluding hydrogens is 238 g/mol. The Kier molecular flexibility index (Phi) is 4.77. The summed E-state index contributed by atoms with van der Waals surface area (Å²) < 4.78 is 0. The number of piperazine rings is 1. The van der Waals surface area contributed by atoms with Crippen LogP contribution in [0.5, 0.6) is 0 Å². The minimum absolute atomic E-state index is 0.0654. The van der Waals surface area contributed by atoms with Gasteiger partial charge in [0.1, 0.15) is 5.82 Å². The number of pyridine rings is 1. The number of aryl methyl sites for hydroxylation is 1. The predicted molar refractivity (Wildman–Crippen MR) is 78.4 cm³/mol. The summed E-state index contributed by atoms with van der Waals surface area (Å²) in [7, 11) is 0. The second-order valence-electron chi connectivity index (χ2n) is 5.42. The lowest BCUT2D eigenvalue weighted by atomic mass is 10.1. The fourth-order valence-corrected chi connectivity index (χ4v) is 2.68. The zero-order valence-corrected chi connectivity index (χ0v) is 12.3. The van der Waals surface area contributed by atoms with E-state index in [-0.39, 0.29) is 6.61 Å². The van der Waals surface area contributed by atoms with Crippen LogP contribution in [0.4, 0.5) is 5.82 Å². The van der Waals surface area contributed by atoms with Gasteiger partial charge in [-0.05, 0) is 37.5 Å². The van der Waals surface area contributed by atoms with Gasteiger partial charge in [0.15, 0.2) is 0 Å². The van der Waals surface area contributed by atoms with Gasteiger partial charge in [0.05, 0.1) is 6.61 Å².